The number of benzene rings is 1. The monoisotopic (exact) mass is 381 g/mol. The molecule has 0 saturated carbocycles. The van der Waals surface area contributed by atoms with Gasteiger partial charge in [0.25, 0.3) is 0 Å². The van der Waals surface area contributed by atoms with Gasteiger partial charge in [0.2, 0.25) is 0 Å². The zero-order valence-electron chi connectivity index (χ0n) is 17.5. The first-order valence-corrected chi connectivity index (χ1v) is 9.85. The summed E-state index contributed by atoms with van der Waals surface area (Å²) in [6.07, 6.45) is 3.99. The maximum Gasteiger partial charge on any atom is 0.193 e. The number of aliphatic imine (C=N–C) groups is 1. The highest BCUT2D eigenvalue weighted by atomic mass is 15.3. The third-order valence-corrected chi connectivity index (χ3v) is 4.78. The van der Waals surface area contributed by atoms with Crippen molar-refractivity contribution in [1.29, 1.82) is 0 Å². The van der Waals surface area contributed by atoms with Gasteiger partial charge in [0, 0.05) is 52.4 Å². The molecule has 0 aliphatic rings. The van der Waals surface area contributed by atoms with Crippen LogP contribution in [0.15, 0.2) is 35.5 Å². The van der Waals surface area contributed by atoms with E-state index in [1.54, 1.807) is 0 Å². The molecule has 0 saturated heterocycles. The molecule has 0 amide bonds. The zero-order chi connectivity index (χ0) is 20.1. The van der Waals surface area contributed by atoms with Gasteiger partial charge >= 0.3 is 0 Å². The van der Waals surface area contributed by atoms with E-state index < -0.39 is 0 Å². The molecule has 7 nitrogen and oxygen atoms in total. The number of imidazole rings is 1. The first-order chi connectivity index (χ1) is 13.5. The molecule has 0 atom stereocenters. The number of nitrogens with zero attached hydrogens (tertiary/aromatic N) is 5. The van der Waals surface area contributed by atoms with E-state index in [1.165, 1.54) is 5.56 Å². The van der Waals surface area contributed by atoms with Gasteiger partial charge in [0.15, 0.2) is 5.96 Å². The molecule has 2 aromatic heterocycles. The van der Waals surface area contributed by atoms with Gasteiger partial charge in [-0.3, -0.25) is 9.67 Å². The topological polar surface area (TPSA) is 74.1 Å². The normalized spacial score (nSPS) is 12.1. The molecule has 3 aromatic rings. The Morgan fingerprint density at radius 1 is 1.32 bits per heavy atom. The Kier molecular flexibility index (Phi) is 6.34. The minimum atomic E-state index is 0.406. The van der Waals surface area contributed by atoms with Crippen molar-refractivity contribution >= 4 is 17.0 Å². The van der Waals surface area contributed by atoms with E-state index >= 15 is 0 Å². The molecule has 7 heteroatoms. The van der Waals surface area contributed by atoms with Crippen LogP contribution in [0.3, 0.4) is 0 Å². The number of aromatic amines is 1. The van der Waals surface area contributed by atoms with Crippen molar-refractivity contribution in [3.05, 3.63) is 47.5 Å². The van der Waals surface area contributed by atoms with Crippen LogP contribution in [0, 0.1) is 0 Å². The Bertz CT molecular complexity index is 902. The highest BCUT2D eigenvalue weighted by Crippen LogP contribution is 2.18. The van der Waals surface area contributed by atoms with Crippen LogP contribution in [0.1, 0.15) is 43.3 Å². The standard InChI is InChI=1S/C21H31N7/c1-15(2)20-16(14-28(5)26-20)13-27(4)21(22-3)23-12-8-11-19-24-17-9-6-7-10-18(17)25-19/h6-7,9-10,14-15H,8,11-13H2,1-5H3,(H,22,23)(H,24,25). The van der Waals surface area contributed by atoms with Crippen LogP contribution in [-0.2, 0) is 20.0 Å². The van der Waals surface area contributed by atoms with E-state index in [0.717, 1.165) is 54.4 Å². The number of hydrogen-bond donors (Lipinski definition) is 2. The molecule has 0 unspecified atom stereocenters. The van der Waals surface area contributed by atoms with E-state index in [4.69, 9.17) is 0 Å². The molecule has 3 rings (SSSR count). The van der Waals surface area contributed by atoms with E-state index in [1.807, 2.05) is 37.0 Å². The molecular weight excluding hydrogens is 350 g/mol. The van der Waals surface area contributed by atoms with Gasteiger partial charge in [-0.1, -0.05) is 26.0 Å². The third-order valence-electron chi connectivity index (χ3n) is 4.78. The summed E-state index contributed by atoms with van der Waals surface area (Å²) in [4.78, 5) is 14.6. The lowest BCUT2D eigenvalue weighted by molar-refractivity contribution is 0.472. The molecule has 150 valence electrons. The first kappa shape index (κ1) is 19.9. The molecule has 0 fully saturated rings. The minimum Gasteiger partial charge on any atom is -0.356 e. The number of hydrogen-bond acceptors (Lipinski definition) is 3. The van der Waals surface area contributed by atoms with Crippen LogP contribution in [0.4, 0.5) is 0 Å². The Labute approximate surface area is 166 Å². The summed E-state index contributed by atoms with van der Waals surface area (Å²) in [7, 11) is 5.86. The van der Waals surface area contributed by atoms with Crippen molar-refractivity contribution < 1.29 is 0 Å². The summed E-state index contributed by atoms with van der Waals surface area (Å²) in [5.41, 5.74) is 4.51. The number of guanidine groups is 1. The van der Waals surface area contributed by atoms with Gasteiger partial charge in [-0.15, -0.1) is 0 Å². The van der Waals surface area contributed by atoms with Crippen LogP contribution < -0.4 is 5.32 Å². The highest BCUT2D eigenvalue weighted by Gasteiger charge is 2.15. The number of nitrogens with one attached hydrogen (secondary N) is 2. The zero-order valence-corrected chi connectivity index (χ0v) is 17.5. The number of H-pyrrole nitrogens is 1. The lowest BCUT2D eigenvalue weighted by atomic mass is 10.1. The second kappa shape index (κ2) is 8.91. The van der Waals surface area contributed by atoms with Crippen molar-refractivity contribution in [3.8, 4) is 0 Å². The van der Waals surface area contributed by atoms with Gasteiger partial charge in [-0.2, -0.15) is 5.10 Å². The number of fused-ring (bicyclic) bond motifs is 1. The van der Waals surface area contributed by atoms with Gasteiger partial charge in [-0.25, -0.2) is 4.98 Å². The second-order valence-corrected chi connectivity index (χ2v) is 7.50. The van der Waals surface area contributed by atoms with Crippen LogP contribution >= 0.6 is 0 Å². The van der Waals surface area contributed by atoms with Crippen molar-refractivity contribution in [2.24, 2.45) is 12.0 Å². The van der Waals surface area contributed by atoms with Crippen molar-refractivity contribution in [1.82, 2.24) is 30.0 Å². The Morgan fingerprint density at radius 3 is 2.82 bits per heavy atom. The molecule has 0 aliphatic heterocycles. The molecule has 0 bridgehead atoms. The van der Waals surface area contributed by atoms with Crippen LogP contribution in [0.25, 0.3) is 11.0 Å². The fourth-order valence-corrected chi connectivity index (χ4v) is 3.46. The average molecular weight is 382 g/mol. The average Bonchev–Trinajstić information content (AvgIpc) is 3.24. The van der Waals surface area contributed by atoms with Gasteiger partial charge in [0.05, 0.1) is 16.7 Å². The van der Waals surface area contributed by atoms with Crippen LogP contribution in [0.2, 0.25) is 0 Å². The number of para-hydroxylation sites is 2. The molecule has 0 radical (unpaired) electrons. The smallest absolute Gasteiger partial charge is 0.193 e. The number of aromatic nitrogens is 4. The molecule has 2 heterocycles. The Balaban J connectivity index is 1.51. The summed E-state index contributed by atoms with van der Waals surface area (Å²) >= 11 is 0. The molecule has 0 spiro atoms. The van der Waals surface area contributed by atoms with Gasteiger partial charge < -0.3 is 15.2 Å². The quantitative estimate of drug-likeness (QED) is 0.375. The van der Waals surface area contributed by atoms with E-state index in [-0.39, 0.29) is 0 Å². The number of rotatable bonds is 7. The fraction of sp³-hybridized carbons (Fsp3) is 0.476. The summed E-state index contributed by atoms with van der Waals surface area (Å²) < 4.78 is 1.89. The van der Waals surface area contributed by atoms with E-state index in [9.17, 15) is 0 Å². The lowest BCUT2D eigenvalue weighted by Gasteiger charge is -2.22. The second-order valence-electron chi connectivity index (χ2n) is 7.50. The maximum absolute atomic E-state index is 4.64. The highest BCUT2D eigenvalue weighted by molar-refractivity contribution is 5.79. The molecule has 2 N–H and O–H groups in total. The van der Waals surface area contributed by atoms with Crippen molar-refractivity contribution in [3.63, 3.8) is 0 Å². The number of aryl methyl sites for hydroxylation is 2. The predicted molar refractivity (Wildman–Crippen MR) is 115 cm³/mol. The van der Waals surface area contributed by atoms with Gasteiger partial charge in [0.1, 0.15) is 5.82 Å². The first-order valence-electron chi connectivity index (χ1n) is 9.85. The minimum absolute atomic E-state index is 0.406. The molecular formula is C21H31N7. The molecule has 28 heavy (non-hydrogen) atoms. The third kappa shape index (κ3) is 4.71. The Morgan fingerprint density at radius 2 is 2.11 bits per heavy atom. The van der Waals surface area contributed by atoms with E-state index in [2.05, 4.69) is 63.4 Å². The van der Waals surface area contributed by atoms with Gasteiger partial charge in [-0.05, 0) is 24.5 Å². The Hall–Kier alpha value is -2.83. The summed E-state index contributed by atoms with van der Waals surface area (Å²) in [5, 5.41) is 8.05. The SMILES string of the molecule is CN=C(NCCCc1nc2ccccc2[nH]1)N(C)Cc1cn(C)nc1C(C)C. The van der Waals surface area contributed by atoms with Crippen LogP contribution in [-0.4, -0.2) is 51.2 Å². The summed E-state index contributed by atoms with van der Waals surface area (Å²) in [6.45, 7) is 5.98. The fourth-order valence-electron chi connectivity index (χ4n) is 3.46. The van der Waals surface area contributed by atoms with Crippen molar-refractivity contribution in [2.45, 2.75) is 39.2 Å². The molecule has 0 aliphatic carbocycles. The predicted octanol–water partition coefficient (Wildman–Crippen LogP) is 3.06. The summed E-state index contributed by atoms with van der Waals surface area (Å²) in [6, 6.07) is 8.14. The maximum atomic E-state index is 4.64. The molecule has 1 aromatic carbocycles. The van der Waals surface area contributed by atoms with E-state index in [0.29, 0.717) is 5.92 Å². The van der Waals surface area contributed by atoms with Crippen LogP contribution in [0.5, 0.6) is 0 Å². The largest absolute Gasteiger partial charge is 0.356 e. The summed E-state index contributed by atoms with van der Waals surface area (Å²) in [5.74, 6) is 2.33. The van der Waals surface area contributed by atoms with Crippen molar-refractivity contribution in [2.75, 3.05) is 20.6 Å². The lowest BCUT2D eigenvalue weighted by Crippen LogP contribution is -2.39.